The van der Waals surface area contributed by atoms with Gasteiger partial charge in [0.2, 0.25) is 0 Å². The van der Waals surface area contributed by atoms with Crippen LogP contribution in [0.1, 0.15) is 73.6 Å². The van der Waals surface area contributed by atoms with Gasteiger partial charge in [-0.1, -0.05) is 0 Å². The number of rotatable bonds is 3. The summed E-state index contributed by atoms with van der Waals surface area (Å²) in [5.41, 5.74) is 2.33. The van der Waals surface area contributed by atoms with Crippen molar-refractivity contribution in [2.75, 3.05) is 6.61 Å². The van der Waals surface area contributed by atoms with Crippen molar-refractivity contribution in [3.05, 3.63) is 12.2 Å². The Hall–Kier alpha value is -0.0831. The van der Waals surface area contributed by atoms with Crippen molar-refractivity contribution in [1.29, 1.82) is 0 Å². The summed E-state index contributed by atoms with van der Waals surface area (Å²) in [4.78, 5) is 0. The van der Waals surface area contributed by atoms with Crippen LogP contribution in [0.25, 0.3) is 0 Å². The van der Waals surface area contributed by atoms with Crippen LogP contribution in [0.2, 0.25) is 18.1 Å². The molecule has 23 heavy (non-hydrogen) atoms. The number of fused-ring (bicyclic) bond motifs is 1. The van der Waals surface area contributed by atoms with Crippen LogP contribution in [-0.2, 0) is 4.43 Å². The molecule has 0 amide bonds. The van der Waals surface area contributed by atoms with E-state index in [1.807, 2.05) is 0 Å². The van der Waals surface area contributed by atoms with E-state index in [0.717, 1.165) is 12.5 Å². The van der Waals surface area contributed by atoms with Crippen molar-refractivity contribution in [2.45, 2.75) is 91.8 Å². The molecule has 2 aliphatic carbocycles. The molecular formula is C21H41OSi-. The molecule has 2 fully saturated rings. The molecule has 3 atom stereocenters. The zero-order valence-electron chi connectivity index (χ0n) is 17.1. The zero-order valence-corrected chi connectivity index (χ0v) is 18.2. The Morgan fingerprint density at radius 3 is 2.35 bits per heavy atom. The molecule has 2 heteroatoms. The molecule has 0 saturated heterocycles. The van der Waals surface area contributed by atoms with Crippen molar-refractivity contribution in [3.63, 3.8) is 0 Å². The molecule has 136 valence electrons. The summed E-state index contributed by atoms with van der Waals surface area (Å²) in [7, 11) is -2.00. The molecular weight excluding hydrogens is 296 g/mol. The van der Waals surface area contributed by atoms with Gasteiger partial charge in [0, 0.05) is 0 Å². The standard InChI is InChI=1S/C21H41OSi/c1-16-11-12-18-20(5,6)13-10-14-21(18,7)17(16)15-22-23(8,9)19(2,3)4/h17-18,23H,1,10-15H2,2-9H3/q-1/t17-,18-,21+/m0/s1. The van der Waals surface area contributed by atoms with Crippen LogP contribution in [0, 0.1) is 22.7 Å². The Morgan fingerprint density at radius 1 is 1.17 bits per heavy atom. The predicted molar refractivity (Wildman–Crippen MR) is 106 cm³/mol. The molecule has 0 aliphatic heterocycles. The predicted octanol–water partition coefficient (Wildman–Crippen LogP) is 6.54. The Kier molecular flexibility index (Phi) is 5.04. The van der Waals surface area contributed by atoms with Gasteiger partial charge in [0.25, 0.3) is 0 Å². The van der Waals surface area contributed by atoms with Crippen LogP contribution in [0.4, 0.5) is 0 Å². The van der Waals surface area contributed by atoms with Gasteiger partial charge in [-0.2, -0.15) is 0 Å². The van der Waals surface area contributed by atoms with Crippen molar-refractivity contribution in [2.24, 2.45) is 22.7 Å². The van der Waals surface area contributed by atoms with Crippen molar-refractivity contribution in [1.82, 2.24) is 0 Å². The van der Waals surface area contributed by atoms with E-state index in [9.17, 15) is 0 Å². The van der Waals surface area contributed by atoms with Gasteiger partial charge in [-0.15, -0.1) is 0 Å². The molecule has 0 aromatic heterocycles. The maximum atomic E-state index is 6.69. The second-order valence-electron chi connectivity index (χ2n) is 11.1. The fourth-order valence-corrected chi connectivity index (χ4v) is 6.34. The Balaban J connectivity index is 2.21. The van der Waals surface area contributed by atoms with Gasteiger partial charge in [-0.3, -0.25) is 0 Å². The first kappa shape index (κ1) is 19.2. The molecule has 0 heterocycles. The first-order valence-corrected chi connectivity index (χ1v) is 13.2. The minimum atomic E-state index is -2.00. The number of hydrogen-bond donors (Lipinski definition) is 0. The van der Waals surface area contributed by atoms with Crippen LogP contribution in [-0.4, -0.2) is 14.9 Å². The Labute approximate surface area is 146 Å². The molecule has 1 nitrogen and oxygen atoms in total. The van der Waals surface area contributed by atoms with Gasteiger partial charge in [-0.25, -0.2) is 0 Å². The van der Waals surface area contributed by atoms with Gasteiger partial charge in [0.05, 0.1) is 0 Å². The van der Waals surface area contributed by atoms with E-state index in [1.54, 1.807) is 0 Å². The van der Waals surface area contributed by atoms with Gasteiger partial charge in [-0.05, 0) is 0 Å². The number of hydrogen-bond acceptors (Lipinski definition) is 1. The van der Waals surface area contributed by atoms with Crippen molar-refractivity contribution >= 4 is 8.32 Å². The average Bonchev–Trinajstić information content (AvgIpc) is 2.35. The topological polar surface area (TPSA) is 9.23 Å². The zero-order chi connectivity index (χ0) is 17.7. The van der Waals surface area contributed by atoms with E-state index in [1.165, 1.54) is 37.7 Å². The SMILES string of the molecule is C=C1CC[C@H]2C(C)(C)CCC[C@]2(C)[C@H]1CO[SiH-](C)(C)C(C)(C)C. The Morgan fingerprint density at radius 2 is 1.78 bits per heavy atom. The van der Waals surface area contributed by atoms with E-state index >= 15 is 0 Å². The van der Waals surface area contributed by atoms with Crippen LogP contribution in [0.15, 0.2) is 12.2 Å². The second-order valence-corrected chi connectivity index (χ2v) is 16.6. The summed E-state index contributed by atoms with van der Waals surface area (Å²) in [5.74, 6) is 1.38. The third-order valence-electron chi connectivity index (χ3n) is 8.08. The van der Waals surface area contributed by atoms with E-state index in [2.05, 4.69) is 61.2 Å². The third kappa shape index (κ3) is 3.49. The van der Waals surface area contributed by atoms with Gasteiger partial charge in [0.15, 0.2) is 0 Å². The maximum absolute atomic E-state index is 6.69. The van der Waals surface area contributed by atoms with Crippen LogP contribution >= 0.6 is 0 Å². The molecule has 0 spiro atoms. The van der Waals surface area contributed by atoms with Crippen LogP contribution in [0.3, 0.4) is 0 Å². The molecule has 2 rings (SSSR count). The summed E-state index contributed by atoms with van der Waals surface area (Å²) in [6.45, 7) is 24.8. The monoisotopic (exact) mass is 337 g/mol. The molecule has 0 aromatic rings. The van der Waals surface area contributed by atoms with Gasteiger partial charge in [0.1, 0.15) is 0 Å². The average molecular weight is 338 g/mol. The molecule has 0 bridgehead atoms. The normalized spacial score (nSPS) is 35.7. The summed E-state index contributed by atoms with van der Waals surface area (Å²) < 4.78 is 6.69. The van der Waals surface area contributed by atoms with Crippen LogP contribution < -0.4 is 0 Å². The van der Waals surface area contributed by atoms with E-state index < -0.39 is 8.32 Å². The first-order chi connectivity index (χ1) is 10.3. The third-order valence-corrected chi connectivity index (χ3v) is 13.3. The van der Waals surface area contributed by atoms with Gasteiger partial charge < -0.3 is 0 Å². The molecule has 0 radical (unpaired) electrons. The molecule has 0 N–H and O–H groups in total. The van der Waals surface area contributed by atoms with Crippen LogP contribution in [0.5, 0.6) is 0 Å². The fraction of sp³-hybridized carbons (Fsp3) is 0.905. The summed E-state index contributed by atoms with van der Waals surface area (Å²) in [6.07, 6.45) is 6.65. The van der Waals surface area contributed by atoms with E-state index in [4.69, 9.17) is 4.43 Å². The molecule has 0 aromatic carbocycles. The summed E-state index contributed by atoms with van der Waals surface area (Å²) in [6, 6.07) is 0. The fourth-order valence-electron chi connectivity index (χ4n) is 5.17. The molecule has 2 saturated carbocycles. The summed E-state index contributed by atoms with van der Waals surface area (Å²) >= 11 is 0. The van der Waals surface area contributed by atoms with Crippen molar-refractivity contribution < 1.29 is 4.43 Å². The van der Waals surface area contributed by atoms with Gasteiger partial charge >= 0.3 is 146 Å². The second kappa shape index (κ2) is 6.02. The Bertz CT molecular complexity index is 457. The summed E-state index contributed by atoms with van der Waals surface area (Å²) in [5, 5.41) is 0.315. The van der Waals surface area contributed by atoms with E-state index in [-0.39, 0.29) is 0 Å². The van der Waals surface area contributed by atoms with E-state index in [0.29, 0.717) is 21.8 Å². The molecule has 2 aliphatic rings. The molecule has 0 unspecified atom stereocenters. The minimum absolute atomic E-state index is 0.315. The van der Waals surface area contributed by atoms with Crippen molar-refractivity contribution in [3.8, 4) is 0 Å². The quantitative estimate of drug-likeness (QED) is 0.419. The first-order valence-electron chi connectivity index (χ1n) is 9.85.